The minimum Gasteiger partial charge on any atom is -0.350 e. The molecule has 5 heteroatoms. The van der Waals surface area contributed by atoms with Gasteiger partial charge in [-0.05, 0) is 31.5 Å². The largest absolute Gasteiger partial charge is 0.350 e. The van der Waals surface area contributed by atoms with Crippen molar-refractivity contribution in [2.24, 2.45) is 7.05 Å². The van der Waals surface area contributed by atoms with Crippen LogP contribution in [0.15, 0.2) is 23.1 Å². The number of aryl methyl sites for hydroxylation is 1. The summed E-state index contributed by atoms with van der Waals surface area (Å²) in [5.74, 6) is -0.292. The van der Waals surface area contributed by atoms with E-state index in [9.17, 15) is 9.59 Å². The van der Waals surface area contributed by atoms with Gasteiger partial charge in [0.15, 0.2) is 0 Å². The summed E-state index contributed by atoms with van der Waals surface area (Å²) in [6, 6.07) is 3.59. The molecule has 17 heavy (non-hydrogen) atoms. The summed E-state index contributed by atoms with van der Waals surface area (Å²) in [7, 11) is 1.64. The molecule has 0 saturated carbocycles. The quantitative estimate of drug-likeness (QED) is 0.767. The monoisotopic (exact) mass is 235 g/mol. The van der Waals surface area contributed by atoms with Gasteiger partial charge in [-0.15, -0.1) is 0 Å². The highest BCUT2D eigenvalue weighted by molar-refractivity contribution is 5.93. The van der Waals surface area contributed by atoms with Crippen molar-refractivity contribution >= 4 is 5.91 Å². The van der Waals surface area contributed by atoms with Crippen LogP contribution in [0.3, 0.4) is 0 Å². The van der Waals surface area contributed by atoms with Crippen molar-refractivity contribution in [1.82, 2.24) is 15.2 Å². The summed E-state index contributed by atoms with van der Waals surface area (Å²) in [5.41, 5.74) is -0.0580. The van der Waals surface area contributed by atoms with Crippen molar-refractivity contribution in [3.8, 4) is 0 Å². The number of carbonyl (C=O) groups is 1. The maximum atomic E-state index is 11.8. The van der Waals surface area contributed by atoms with Crippen LogP contribution < -0.4 is 16.2 Å². The lowest BCUT2D eigenvalue weighted by atomic mass is 10.2. The molecule has 1 aliphatic heterocycles. The van der Waals surface area contributed by atoms with Crippen LogP contribution in [0.4, 0.5) is 0 Å². The third kappa shape index (κ3) is 2.74. The van der Waals surface area contributed by atoms with Crippen LogP contribution >= 0.6 is 0 Å². The Hall–Kier alpha value is -1.62. The smallest absolute Gasteiger partial charge is 0.263 e. The molecule has 1 aromatic heterocycles. The molecule has 1 aromatic rings. The van der Waals surface area contributed by atoms with Crippen LogP contribution in [0.2, 0.25) is 0 Å². The molecule has 1 unspecified atom stereocenters. The number of rotatable bonds is 3. The summed E-state index contributed by atoms with van der Waals surface area (Å²) in [5, 5.41) is 6.09. The SMILES string of the molecule is Cn1cccc(C(=O)NCC2CCCN2)c1=O. The Bertz CT molecular complexity index is 461. The second kappa shape index (κ2) is 5.14. The first-order valence-corrected chi connectivity index (χ1v) is 5.85. The average Bonchev–Trinajstić information content (AvgIpc) is 2.82. The first-order valence-electron chi connectivity index (χ1n) is 5.85. The Morgan fingerprint density at radius 1 is 1.65 bits per heavy atom. The van der Waals surface area contributed by atoms with Crippen molar-refractivity contribution in [3.63, 3.8) is 0 Å². The van der Waals surface area contributed by atoms with Gasteiger partial charge in [-0.3, -0.25) is 9.59 Å². The zero-order valence-corrected chi connectivity index (χ0v) is 9.90. The van der Waals surface area contributed by atoms with E-state index in [-0.39, 0.29) is 17.0 Å². The number of amides is 1. The third-order valence-electron chi connectivity index (χ3n) is 3.04. The Morgan fingerprint density at radius 3 is 3.18 bits per heavy atom. The van der Waals surface area contributed by atoms with Crippen molar-refractivity contribution in [2.75, 3.05) is 13.1 Å². The van der Waals surface area contributed by atoms with Gasteiger partial charge in [-0.25, -0.2) is 0 Å². The molecule has 0 bridgehead atoms. The van der Waals surface area contributed by atoms with Gasteiger partial charge in [0.1, 0.15) is 5.56 Å². The van der Waals surface area contributed by atoms with Crippen LogP contribution in [0, 0.1) is 0 Å². The molecule has 2 N–H and O–H groups in total. The highest BCUT2D eigenvalue weighted by atomic mass is 16.2. The van der Waals surface area contributed by atoms with E-state index >= 15 is 0 Å². The number of hydrogen-bond acceptors (Lipinski definition) is 3. The predicted molar refractivity (Wildman–Crippen MR) is 65.0 cm³/mol. The fraction of sp³-hybridized carbons (Fsp3) is 0.500. The van der Waals surface area contributed by atoms with Crippen LogP contribution in [0.5, 0.6) is 0 Å². The molecule has 2 heterocycles. The van der Waals surface area contributed by atoms with Crippen LogP contribution in [0.1, 0.15) is 23.2 Å². The lowest BCUT2D eigenvalue weighted by Gasteiger charge is -2.11. The molecule has 1 amide bonds. The van der Waals surface area contributed by atoms with Crippen molar-refractivity contribution in [3.05, 3.63) is 34.2 Å². The summed E-state index contributed by atoms with van der Waals surface area (Å²) in [4.78, 5) is 23.5. The molecule has 1 saturated heterocycles. The molecular weight excluding hydrogens is 218 g/mol. The second-order valence-corrected chi connectivity index (χ2v) is 4.34. The van der Waals surface area contributed by atoms with Gasteiger partial charge in [0.05, 0.1) is 0 Å². The van der Waals surface area contributed by atoms with Gasteiger partial charge in [-0.2, -0.15) is 0 Å². The van der Waals surface area contributed by atoms with Gasteiger partial charge in [0.2, 0.25) is 0 Å². The number of nitrogens with one attached hydrogen (secondary N) is 2. The molecule has 0 radical (unpaired) electrons. The third-order valence-corrected chi connectivity index (χ3v) is 3.04. The topological polar surface area (TPSA) is 63.1 Å². The van der Waals surface area contributed by atoms with Crippen LogP contribution in [-0.4, -0.2) is 29.6 Å². The van der Waals surface area contributed by atoms with Gasteiger partial charge >= 0.3 is 0 Å². The minimum atomic E-state index is -0.292. The first kappa shape index (κ1) is 11.9. The van der Waals surface area contributed by atoms with E-state index in [2.05, 4.69) is 10.6 Å². The second-order valence-electron chi connectivity index (χ2n) is 4.34. The zero-order chi connectivity index (χ0) is 12.3. The zero-order valence-electron chi connectivity index (χ0n) is 9.90. The van der Waals surface area contributed by atoms with E-state index in [4.69, 9.17) is 0 Å². The molecule has 92 valence electrons. The Balaban J connectivity index is 1.99. The molecule has 0 aliphatic carbocycles. The van der Waals surface area contributed by atoms with Crippen LogP contribution in [-0.2, 0) is 7.05 Å². The molecule has 5 nitrogen and oxygen atoms in total. The van der Waals surface area contributed by atoms with Gasteiger partial charge in [-0.1, -0.05) is 0 Å². The number of hydrogen-bond donors (Lipinski definition) is 2. The average molecular weight is 235 g/mol. The highest BCUT2D eigenvalue weighted by Gasteiger charge is 2.16. The summed E-state index contributed by atoms with van der Waals surface area (Å²) in [6.45, 7) is 1.59. The maximum absolute atomic E-state index is 11.8. The van der Waals surface area contributed by atoms with E-state index < -0.39 is 0 Å². The van der Waals surface area contributed by atoms with Gasteiger partial charge in [0.25, 0.3) is 11.5 Å². The van der Waals surface area contributed by atoms with Crippen molar-refractivity contribution < 1.29 is 4.79 Å². The number of nitrogens with zero attached hydrogens (tertiary/aromatic N) is 1. The molecule has 1 aliphatic rings. The standard InChI is InChI=1S/C12H17N3O2/c1-15-7-3-5-10(12(15)17)11(16)14-8-9-4-2-6-13-9/h3,5,7,9,13H,2,4,6,8H2,1H3,(H,14,16). The van der Waals surface area contributed by atoms with Crippen molar-refractivity contribution in [1.29, 1.82) is 0 Å². The fourth-order valence-corrected chi connectivity index (χ4v) is 2.01. The van der Waals surface area contributed by atoms with E-state index in [0.29, 0.717) is 12.6 Å². The minimum absolute atomic E-state index is 0.202. The fourth-order valence-electron chi connectivity index (χ4n) is 2.01. The van der Waals surface area contributed by atoms with Crippen LogP contribution in [0.25, 0.3) is 0 Å². The first-order chi connectivity index (χ1) is 8.18. The Labute approximate surface area is 99.8 Å². The molecule has 1 fully saturated rings. The lowest BCUT2D eigenvalue weighted by Crippen LogP contribution is -2.39. The molecule has 2 rings (SSSR count). The summed E-state index contributed by atoms with van der Waals surface area (Å²) in [6.07, 6.45) is 3.86. The van der Waals surface area contributed by atoms with E-state index in [0.717, 1.165) is 19.4 Å². The lowest BCUT2D eigenvalue weighted by molar-refractivity contribution is 0.0948. The van der Waals surface area contributed by atoms with E-state index in [1.54, 1.807) is 25.4 Å². The molecule has 0 aromatic carbocycles. The molecule has 0 spiro atoms. The highest BCUT2D eigenvalue weighted by Crippen LogP contribution is 2.03. The Morgan fingerprint density at radius 2 is 2.47 bits per heavy atom. The number of carbonyl (C=O) groups excluding carboxylic acids is 1. The predicted octanol–water partition coefficient (Wildman–Crippen LogP) is -0.133. The van der Waals surface area contributed by atoms with E-state index in [1.165, 1.54) is 4.57 Å². The normalized spacial score (nSPS) is 19.2. The van der Waals surface area contributed by atoms with Gasteiger partial charge in [0, 0.05) is 25.8 Å². The summed E-state index contributed by atoms with van der Waals surface area (Å²) < 4.78 is 1.41. The maximum Gasteiger partial charge on any atom is 0.263 e. The molecule has 1 atom stereocenters. The Kier molecular flexibility index (Phi) is 3.58. The van der Waals surface area contributed by atoms with E-state index in [1.807, 2.05) is 0 Å². The van der Waals surface area contributed by atoms with Crippen molar-refractivity contribution in [2.45, 2.75) is 18.9 Å². The number of aromatic nitrogens is 1. The number of pyridine rings is 1. The van der Waals surface area contributed by atoms with Gasteiger partial charge < -0.3 is 15.2 Å². The summed E-state index contributed by atoms with van der Waals surface area (Å²) >= 11 is 0. The molecular formula is C12H17N3O2.